The number of hydrogen-bond donors (Lipinski definition) is 2. The molecule has 2 rings (SSSR count). The molecule has 1 aliphatic rings. The maximum Gasteiger partial charge on any atom is 0.193 e. The van der Waals surface area contributed by atoms with Gasteiger partial charge in [0.25, 0.3) is 0 Å². The predicted octanol–water partition coefficient (Wildman–Crippen LogP) is 2.55. The summed E-state index contributed by atoms with van der Waals surface area (Å²) in [6, 6.07) is 5.53. The summed E-state index contributed by atoms with van der Waals surface area (Å²) in [6.45, 7) is 6.56. The Kier molecular flexibility index (Phi) is 7.18. The lowest BCUT2D eigenvalue weighted by Crippen LogP contribution is -2.34. The Hall–Kier alpha value is -1.95. The molecule has 6 heteroatoms. The topological polar surface area (TPSA) is 72.1 Å². The van der Waals surface area contributed by atoms with E-state index in [0.717, 1.165) is 36.9 Å². The van der Waals surface area contributed by atoms with Crippen LogP contribution in [0.1, 0.15) is 26.2 Å². The van der Waals surface area contributed by atoms with Crippen LogP contribution in [-0.4, -0.2) is 51.3 Å². The van der Waals surface area contributed by atoms with Crippen molar-refractivity contribution in [1.29, 1.82) is 0 Å². The molecule has 0 amide bonds. The zero-order chi connectivity index (χ0) is 17.4. The number of nitrogens with two attached hydrogens (primary N) is 1. The Morgan fingerprint density at radius 3 is 2.71 bits per heavy atom. The summed E-state index contributed by atoms with van der Waals surface area (Å²) < 4.78 is 10.6. The molecule has 0 aromatic heterocycles. The van der Waals surface area contributed by atoms with Gasteiger partial charge in [-0.3, -0.25) is 4.99 Å². The number of likely N-dealkylation sites (tertiary alicyclic amines) is 1. The van der Waals surface area contributed by atoms with Crippen molar-refractivity contribution in [3.63, 3.8) is 0 Å². The van der Waals surface area contributed by atoms with Crippen LogP contribution >= 0.6 is 0 Å². The van der Waals surface area contributed by atoms with Gasteiger partial charge in [0, 0.05) is 12.6 Å². The Balaban J connectivity index is 1.79. The van der Waals surface area contributed by atoms with Crippen LogP contribution in [0.2, 0.25) is 0 Å². The van der Waals surface area contributed by atoms with E-state index in [1.807, 2.05) is 18.2 Å². The average Bonchev–Trinajstić information content (AvgIpc) is 2.60. The van der Waals surface area contributed by atoms with E-state index < -0.39 is 0 Å². The molecule has 1 aromatic carbocycles. The van der Waals surface area contributed by atoms with Crippen molar-refractivity contribution in [2.75, 3.05) is 45.7 Å². The van der Waals surface area contributed by atoms with Gasteiger partial charge in [0.2, 0.25) is 0 Å². The average molecular weight is 334 g/mol. The molecule has 134 valence electrons. The van der Waals surface area contributed by atoms with E-state index in [9.17, 15) is 0 Å². The molecular formula is C18H30N4O2. The summed E-state index contributed by atoms with van der Waals surface area (Å²) in [5.74, 6) is 2.72. The summed E-state index contributed by atoms with van der Waals surface area (Å²) >= 11 is 0. The molecule has 0 aliphatic carbocycles. The fraction of sp³-hybridized carbons (Fsp3) is 0.611. The van der Waals surface area contributed by atoms with Gasteiger partial charge in [-0.2, -0.15) is 0 Å². The highest BCUT2D eigenvalue weighted by atomic mass is 16.5. The number of anilines is 1. The number of hydrogen-bond acceptors (Lipinski definition) is 4. The molecule has 1 heterocycles. The summed E-state index contributed by atoms with van der Waals surface area (Å²) in [5, 5.41) is 3.09. The summed E-state index contributed by atoms with van der Waals surface area (Å²) in [6.07, 6.45) is 3.64. The van der Waals surface area contributed by atoms with E-state index >= 15 is 0 Å². The SMILES string of the molecule is COc1ccc(OC)c(NC(N)=NCCCN2CCC(C)CC2)c1. The largest absolute Gasteiger partial charge is 0.497 e. The van der Waals surface area contributed by atoms with Gasteiger partial charge in [-0.1, -0.05) is 6.92 Å². The van der Waals surface area contributed by atoms with E-state index in [4.69, 9.17) is 15.2 Å². The van der Waals surface area contributed by atoms with Crippen LogP contribution < -0.4 is 20.5 Å². The smallest absolute Gasteiger partial charge is 0.193 e. The molecule has 24 heavy (non-hydrogen) atoms. The highest BCUT2D eigenvalue weighted by Crippen LogP contribution is 2.28. The summed E-state index contributed by atoms with van der Waals surface area (Å²) in [4.78, 5) is 6.93. The fourth-order valence-electron chi connectivity index (χ4n) is 2.87. The first-order valence-electron chi connectivity index (χ1n) is 8.63. The lowest BCUT2D eigenvalue weighted by molar-refractivity contribution is 0.192. The van der Waals surface area contributed by atoms with Crippen molar-refractivity contribution >= 4 is 11.6 Å². The molecule has 1 fully saturated rings. The van der Waals surface area contributed by atoms with Gasteiger partial charge in [-0.15, -0.1) is 0 Å². The van der Waals surface area contributed by atoms with Crippen molar-refractivity contribution in [2.24, 2.45) is 16.6 Å². The molecule has 0 radical (unpaired) electrons. The fourth-order valence-corrected chi connectivity index (χ4v) is 2.87. The van der Waals surface area contributed by atoms with Crippen molar-refractivity contribution in [3.05, 3.63) is 18.2 Å². The quantitative estimate of drug-likeness (QED) is 0.455. The van der Waals surface area contributed by atoms with Crippen LogP contribution in [0.3, 0.4) is 0 Å². The number of aliphatic imine (C=N–C) groups is 1. The molecule has 0 unspecified atom stereocenters. The molecule has 0 spiro atoms. The maximum atomic E-state index is 5.99. The minimum atomic E-state index is 0.397. The molecule has 1 aromatic rings. The van der Waals surface area contributed by atoms with Crippen LogP contribution in [0.4, 0.5) is 5.69 Å². The van der Waals surface area contributed by atoms with Crippen molar-refractivity contribution in [3.8, 4) is 11.5 Å². The van der Waals surface area contributed by atoms with E-state index in [-0.39, 0.29) is 0 Å². The number of piperidine rings is 1. The van der Waals surface area contributed by atoms with Gasteiger partial charge >= 0.3 is 0 Å². The zero-order valence-corrected chi connectivity index (χ0v) is 15.0. The third kappa shape index (κ3) is 5.60. The van der Waals surface area contributed by atoms with Crippen LogP contribution in [0.15, 0.2) is 23.2 Å². The zero-order valence-electron chi connectivity index (χ0n) is 15.0. The van der Waals surface area contributed by atoms with Crippen molar-refractivity contribution in [1.82, 2.24) is 4.90 Å². The number of methoxy groups -OCH3 is 2. The second kappa shape index (κ2) is 9.37. The number of rotatable bonds is 7. The molecule has 1 aliphatic heterocycles. The second-order valence-corrected chi connectivity index (χ2v) is 6.34. The maximum absolute atomic E-state index is 5.99. The minimum Gasteiger partial charge on any atom is -0.497 e. The standard InChI is InChI=1S/C18H30N4O2/c1-14-7-11-22(12-8-14)10-4-9-20-18(19)21-16-13-15(23-2)5-6-17(16)24-3/h5-6,13-14H,4,7-12H2,1-3H3,(H3,19,20,21). The van der Waals surface area contributed by atoms with Crippen LogP contribution in [0, 0.1) is 5.92 Å². The van der Waals surface area contributed by atoms with E-state index in [2.05, 4.69) is 22.1 Å². The second-order valence-electron chi connectivity index (χ2n) is 6.34. The number of benzene rings is 1. The van der Waals surface area contributed by atoms with Gasteiger partial charge in [-0.05, 0) is 56.9 Å². The number of ether oxygens (including phenoxy) is 2. The molecule has 0 atom stereocenters. The molecule has 6 nitrogen and oxygen atoms in total. The Labute approximate surface area is 145 Å². The van der Waals surface area contributed by atoms with E-state index in [1.54, 1.807) is 14.2 Å². The number of nitrogens with zero attached hydrogens (tertiary/aromatic N) is 2. The first-order chi connectivity index (χ1) is 11.6. The third-order valence-corrected chi connectivity index (χ3v) is 4.46. The van der Waals surface area contributed by atoms with E-state index in [1.165, 1.54) is 25.9 Å². The number of guanidine groups is 1. The minimum absolute atomic E-state index is 0.397. The van der Waals surface area contributed by atoms with Crippen molar-refractivity contribution < 1.29 is 9.47 Å². The van der Waals surface area contributed by atoms with Gasteiger partial charge in [-0.25, -0.2) is 0 Å². The Morgan fingerprint density at radius 1 is 1.29 bits per heavy atom. The lowest BCUT2D eigenvalue weighted by atomic mass is 9.99. The normalized spacial score (nSPS) is 16.9. The molecular weight excluding hydrogens is 304 g/mol. The monoisotopic (exact) mass is 334 g/mol. The summed E-state index contributed by atoms with van der Waals surface area (Å²) in [5.41, 5.74) is 6.74. The Morgan fingerprint density at radius 2 is 2.04 bits per heavy atom. The predicted molar refractivity (Wildman–Crippen MR) is 99.1 cm³/mol. The lowest BCUT2D eigenvalue weighted by Gasteiger charge is -2.29. The molecule has 0 bridgehead atoms. The van der Waals surface area contributed by atoms with E-state index in [0.29, 0.717) is 11.7 Å². The van der Waals surface area contributed by atoms with Gasteiger partial charge < -0.3 is 25.4 Å². The summed E-state index contributed by atoms with van der Waals surface area (Å²) in [7, 11) is 3.25. The molecule has 3 N–H and O–H groups in total. The van der Waals surface area contributed by atoms with Gasteiger partial charge in [0.05, 0.1) is 19.9 Å². The first-order valence-corrected chi connectivity index (χ1v) is 8.63. The third-order valence-electron chi connectivity index (χ3n) is 4.46. The van der Waals surface area contributed by atoms with Crippen LogP contribution in [0.25, 0.3) is 0 Å². The highest BCUT2D eigenvalue weighted by Gasteiger charge is 2.14. The highest BCUT2D eigenvalue weighted by molar-refractivity contribution is 5.93. The van der Waals surface area contributed by atoms with Gasteiger partial charge in [0.1, 0.15) is 11.5 Å². The van der Waals surface area contributed by atoms with Crippen molar-refractivity contribution in [2.45, 2.75) is 26.2 Å². The van der Waals surface area contributed by atoms with Gasteiger partial charge in [0.15, 0.2) is 5.96 Å². The Bertz CT molecular complexity index is 540. The molecule has 0 saturated carbocycles. The van der Waals surface area contributed by atoms with Crippen LogP contribution in [0.5, 0.6) is 11.5 Å². The number of nitrogens with one attached hydrogen (secondary N) is 1. The molecule has 1 saturated heterocycles. The van der Waals surface area contributed by atoms with Crippen LogP contribution in [-0.2, 0) is 0 Å². The first kappa shape index (κ1) is 18.4.